The lowest BCUT2D eigenvalue weighted by atomic mass is 10.3. The minimum absolute atomic E-state index is 0.174. The Morgan fingerprint density at radius 1 is 1.36 bits per heavy atom. The van der Waals surface area contributed by atoms with Crippen molar-refractivity contribution in [2.75, 3.05) is 19.0 Å². The molecule has 3 aromatic rings. The zero-order chi connectivity index (χ0) is 17.8. The Morgan fingerprint density at radius 2 is 2.20 bits per heavy atom. The number of aromatic nitrogens is 4. The minimum Gasteiger partial charge on any atom is -0.455 e. The summed E-state index contributed by atoms with van der Waals surface area (Å²) in [5.74, 6) is 1.33. The maximum atomic E-state index is 11.7. The number of imidazole rings is 1. The number of H-pyrrole nitrogens is 1. The van der Waals surface area contributed by atoms with E-state index in [1.54, 1.807) is 31.6 Å². The van der Waals surface area contributed by atoms with Gasteiger partial charge in [0.05, 0.1) is 24.7 Å². The number of pyridine rings is 2. The zero-order valence-corrected chi connectivity index (χ0v) is 14.6. The number of carbonyl (C=O) groups is 1. The van der Waals surface area contributed by atoms with Crippen LogP contribution in [0, 0.1) is 4.77 Å². The lowest BCUT2D eigenvalue weighted by Gasteiger charge is -2.08. The summed E-state index contributed by atoms with van der Waals surface area (Å²) in [6, 6.07) is 5.18. The van der Waals surface area contributed by atoms with Crippen LogP contribution in [0.25, 0.3) is 11.2 Å². The lowest BCUT2D eigenvalue weighted by Crippen LogP contribution is -2.14. The van der Waals surface area contributed by atoms with E-state index in [4.69, 9.17) is 21.7 Å². The number of aromatic amines is 1. The SMILES string of the molecule is COCCC(=O)Nc1cc(Oc2cnc3[nH]c(=S)n(C)c3c2)ccn1. The van der Waals surface area contributed by atoms with Crippen molar-refractivity contribution in [1.29, 1.82) is 0 Å². The number of nitrogens with zero attached hydrogens (tertiary/aromatic N) is 3. The number of methoxy groups -OCH3 is 1. The molecule has 0 aliphatic carbocycles. The number of anilines is 1. The van der Waals surface area contributed by atoms with Crippen LogP contribution < -0.4 is 10.1 Å². The number of carbonyl (C=O) groups excluding carboxylic acids is 1. The summed E-state index contributed by atoms with van der Waals surface area (Å²) >= 11 is 5.18. The van der Waals surface area contributed by atoms with Crippen molar-refractivity contribution >= 4 is 35.1 Å². The van der Waals surface area contributed by atoms with Gasteiger partial charge >= 0.3 is 0 Å². The number of hydrogen-bond acceptors (Lipinski definition) is 6. The molecule has 1 amide bonds. The smallest absolute Gasteiger partial charge is 0.227 e. The van der Waals surface area contributed by atoms with Gasteiger partial charge in [-0.1, -0.05) is 0 Å². The van der Waals surface area contributed by atoms with E-state index in [9.17, 15) is 4.79 Å². The van der Waals surface area contributed by atoms with Crippen molar-refractivity contribution in [1.82, 2.24) is 19.5 Å². The van der Waals surface area contributed by atoms with Gasteiger partial charge in [0, 0.05) is 32.5 Å². The maximum Gasteiger partial charge on any atom is 0.227 e. The van der Waals surface area contributed by atoms with Gasteiger partial charge in [-0.3, -0.25) is 4.79 Å². The van der Waals surface area contributed by atoms with Crippen LogP contribution in [0.1, 0.15) is 6.42 Å². The molecular formula is C16H17N5O3S. The number of hydrogen-bond donors (Lipinski definition) is 2. The van der Waals surface area contributed by atoms with E-state index >= 15 is 0 Å². The van der Waals surface area contributed by atoms with E-state index < -0.39 is 0 Å². The van der Waals surface area contributed by atoms with Crippen LogP contribution in [-0.2, 0) is 16.6 Å². The molecule has 3 rings (SSSR count). The Labute approximate surface area is 148 Å². The van der Waals surface area contributed by atoms with E-state index in [1.165, 1.54) is 0 Å². The predicted molar refractivity (Wildman–Crippen MR) is 95.3 cm³/mol. The molecule has 0 unspecified atom stereocenters. The van der Waals surface area contributed by atoms with Crippen molar-refractivity contribution in [2.24, 2.45) is 7.05 Å². The van der Waals surface area contributed by atoms with Crippen LogP contribution in [0.5, 0.6) is 11.5 Å². The first-order valence-corrected chi connectivity index (χ1v) is 7.95. The maximum absolute atomic E-state index is 11.7. The fourth-order valence-electron chi connectivity index (χ4n) is 2.22. The zero-order valence-electron chi connectivity index (χ0n) is 13.8. The third-order valence-corrected chi connectivity index (χ3v) is 3.88. The standard InChI is InChI=1S/C16H17N5O3S/c1-21-12-7-11(9-18-15(12)20-16(21)25)24-10-3-5-17-13(8-10)19-14(22)4-6-23-2/h3,5,7-9H,4,6H2,1-2H3,(H,17,19,22)(H,18,20,25). The number of aryl methyl sites for hydroxylation is 1. The van der Waals surface area contributed by atoms with Gasteiger partial charge in [-0.05, 0) is 18.3 Å². The first-order valence-electron chi connectivity index (χ1n) is 7.54. The van der Waals surface area contributed by atoms with Crippen LogP contribution in [0.15, 0.2) is 30.6 Å². The fraction of sp³-hybridized carbons (Fsp3) is 0.250. The summed E-state index contributed by atoms with van der Waals surface area (Å²) in [5.41, 5.74) is 1.53. The average molecular weight is 359 g/mol. The van der Waals surface area contributed by atoms with Crippen LogP contribution >= 0.6 is 12.2 Å². The summed E-state index contributed by atoms with van der Waals surface area (Å²) in [6.45, 7) is 0.353. The largest absolute Gasteiger partial charge is 0.455 e. The Hall–Kier alpha value is -2.78. The molecule has 0 aromatic carbocycles. The molecule has 0 fully saturated rings. The normalized spacial score (nSPS) is 10.8. The molecule has 0 radical (unpaired) electrons. The van der Waals surface area contributed by atoms with Gasteiger partial charge in [0.1, 0.15) is 17.3 Å². The Kier molecular flexibility index (Phi) is 5.05. The molecule has 9 heteroatoms. The fourth-order valence-corrected chi connectivity index (χ4v) is 2.41. The molecule has 3 aromatic heterocycles. The number of fused-ring (bicyclic) bond motifs is 1. The van der Waals surface area contributed by atoms with Gasteiger partial charge in [0.25, 0.3) is 0 Å². The lowest BCUT2D eigenvalue weighted by molar-refractivity contribution is -0.117. The molecule has 25 heavy (non-hydrogen) atoms. The molecule has 0 bridgehead atoms. The summed E-state index contributed by atoms with van der Waals surface area (Å²) in [6.07, 6.45) is 3.42. The Morgan fingerprint density at radius 3 is 3.00 bits per heavy atom. The van der Waals surface area contributed by atoms with E-state index in [0.717, 1.165) is 5.52 Å². The number of ether oxygens (including phenoxy) is 2. The van der Waals surface area contributed by atoms with Crippen LogP contribution in [0.4, 0.5) is 5.82 Å². The molecule has 0 saturated carbocycles. The highest BCUT2D eigenvalue weighted by Gasteiger charge is 2.07. The molecule has 0 aliphatic heterocycles. The number of amides is 1. The molecular weight excluding hydrogens is 342 g/mol. The highest BCUT2D eigenvalue weighted by Crippen LogP contribution is 2.25. The molecule has 0 aliphatic rings. The minimum atomic E-state index is -0.174. The van der Waals surface area contributed by atoms with Crippen molar-refractivity contribution < 1.29 is 14.3 Å². The van der Waals surface area contributed by atoms with E-state index in [-0.39, 0.29) is 12.3 Å². The Bertz CT molecular complexity index is 966. The molecule has 0 spiro atoms. The second-order valence-corrected chi connectivity index (χ2v) is 5.68. The van der Waals surface area contributed by atoms with Gasteiger partial charge in [-0.25, -0.2) is 9.97 Å². The Balaban J connectivity index is 1.76. The van der Waals surface area contributed by atoms with Crippen LogP contribution in [-0.4, -0.2) is 39.1 Å². The van der Waals surface area contributed by atoms with Crippen molar-refractivity contribution in [3.8, 4) is 11.5 Å². The van der Waals surface area contributed by atoms with E-state index in [2.05, 4.69) is 20.3 Å². The van der Waals surface area contributed by atoms with Crippen LogP contribution in [0.2, 0.25) is 0 Å². The van der Waals surface area contributed by atoms with Gasteiger partial charge in [-0.15, -0.1) is 0 Å². The first-order chi connectivity index (χ1) is 12.1. The molecule has 2 N–H and O–H groups in total. The number of nitrogens with one attached hydrogen (secondary N) is 2. The predicted octanol–water partition coefficient (Wildman–Crippen LogP) is 2.79. The van der Waals surface area contributed by atoms with Crippen LogP contribution in [0.3, 0.4) is 0 Å². The second-order valence-electron chi connectivity index (χ2n) is 5.30. The average Bonchev–Trinajstić information content (AvgIpc) is 2.88. The monoisotopic (exact) mass is 359 g/mol. The van der Waals surface area contributed by atoms with Crippen molar-refractivity contribution in [2.45, 2.75) is 6.42 Å². The van der Waals surface area contributed by atoms with Gasteiger partial charge in [-0.2, -0.15) is 0 Å². The third kappa shape index (κ3) is 4.01. The van der Waals surface area contributed by atoms with Gasteiger partial charge in [0.15, 0.2) is 10.4 Å². The summed E-state index contributed by atoms with van der Waals surface area (Å²) in [5, 5.41) is 2.70. The third-order valence-electron chi connectivity index (χ3n) is 3.50. The molecule has 0 atom stereocenters. The summed E-state index contributed by atoms with van der Waals surface area (Å²) in [7, 11) is 3.40. The highest BCUT2D eigenvalue weighted by atomic mass is 32.1. The quantitative estimate of drug-likeness (QED) is 0.657. The van der Waals surface area contributed by atoms with Gasteiger partial charge in [0.2, 0.25) is 5.91 Å². The second kappa shape index (κ2) is 7.41. The van der Waals surface area contributed by atoms with Crippen molar-refractivity contribution in [3.63, 3.8) is 0 Å². The summed E-state index contributed by atoms with van der Waals surface area (Å²) < 4.78 is 13.1. The molecule has 130 valence electrons. The van der Waals surface area contributed by atoms with Crippen molar-refractivity contribution in [3.05, 3.63) is 35.4 Å². The van der Waals surface area contributed by atoms with Gasteiger partial charge < -0.3 is 24.3 Å². The molecule has 3 heterocycles. The number of rotatable bonds is 6. The summed E-state index contributed by atoms with van der Waals surface area (Å²) in [4.78, 5) is 23.1. The van der Waals surface area contributed by atoms with E-state index in [1.807, 2.05) is 17.7 Å². The molecule has 8 nitrogen and oxygen atoms in total. The highest BCUT2D eigenvalue weighted by molar-refractivity contribution is 7.71. The first kappa shape index (κ1) is 17.1. The molecule has 0 saturated heterocycles. The van der Waals surface area contributed by atoms with E-state index in [0.29, 0.717) is 34.3 Å². The topological polar surface area (TPSA) is 94.1 Å².